The molecule has 1 atom stereocenters. The van der Waals surface area contributed by atoms with Crippen molar-refractivity contribution in [3.8, 4) is 0 Å². The average molecular weight is 427 g/mol. The molecule has 126 valence electrons. The van der Waals surface area contributed by atoms with Crippen molar-refractivity contribution >= 4 is 55.0 Å². The Kier molecular flexibility index (Phi) is 4.63. The van der Waals surface area contributed by atoms with E-state index in [-0.39, 0.29) is 16.1 Å². The highest BCUT2D eigenvalue weighted by Gasteiger charge is 2.27. The summed E-state index contributed by atoms with van der Waals surface area (Å²) in [7, 11) is -2.20. The van der Waals surface area contributed by atoms with Crippen molar-refractivity contribution in [2.45, 2.75) is 22.0 Å². The van der Waals surface area contributed by atoms with E-state index >= 15 is 0 Å². The molecule has 0 unspecified atom stereocenters. The van der Waals surface area contributed by atoms with Gasteiger partial charge in [-0.3, -0.25) is 9.10 Å². The van der Waals surface area contributed by atoms with E-state index in [0.29, 0.717) is 11.4 Å². The van der Waals surface area contributed by atoms with Crippen LogP contribution in [0.25, 0.3) is 0 Å². The Morgan fingerprint density at radius 3 is 2.50 bits per heavy atom. The molecule has 0 aromatic heterocycles. The topological polar surface area (TPSA) is 66.5 Å². The van der Waals surface area contributed by atoms with Crippen LogP contribution in [-0.4, -0.2) is 26.6 Å². The lowest BCUT2D eigenvalue weighted by Gasteiger charge is -2.24. The van der Waals surface area contributed by atoms with Crippen molar-refractivity contribution in [1.29, 1.82) is 0 Å². The number of nitrogens with zero attached hydrogens (tertiary/aromatic N) is 1. The number of amides is 1. The molecule has 1 N–H and O–H groups in total. The molecule has 0 bridgehead atoms. The van der Waals surface area contributed by atoms with Gasteiger partial charge in [0, 0.05) is 16.4 Å². The van der Waals surface area contributed by atoms with Crippen LogP contribution in [0.4, 0.5) is 11.4 Å². The third-order valence-corrected chi connectivity index (χ3v) is 7.22. The number of hydrogen-bond acceptors (Lipinski definition) is 4. The van der Waals surface area contributed by atoms with Gasteiger partial charge >= 0.3 is 0 Å². The lowest BCUT2D eigenvalue weighted by atomic mass is 10.3. The Balaban J connectivity index is 1.97. The van der Waals surface area contributed by atoms with Gasteiger partial charge < -0.3 is 5.32 Å². The lowest BCUT2D eigenvalue weighted by molar-refractivity contribution is -0.115. The Labute approximate surface area is 153 Å². The van der Waals surface area contributed by atoms with Gasteiger partial charge in [0.15, 0.2) is 0 Å². The largest absolute Gasteiger partial charge is 0.324 e. The standard InChI is InChI=1S/C16H15BrN2O3S2/c1-10-16(20)18-14-9-13(7-8-15(14)23-10)24(21,22)19(2)12-5-3-11(17)4-6-12/h3-10H,1-2H3,(H,18,20)/t10-/m0/s1. The van der Waals surface area contributed by atoms with E-state index in [9.17, 15) is 13.2 Å². The summed E-state index contributed by atoms with van der Waals surface area (Å²) in [4.78, 5) is 12.8. The minimum Gasteiger partial charge on any atom is -0.324 e. The van der Waals surface area contributed by atoms with Crippen LogP contribution >= 0.6 is 27.7 Å². The molecule has 0 fully saturated rings. The van der Waals surface area contributed by atoms with Gasteiger partial charge in [-0.05, 0) is 49.4 Å². The third-order valence-electron chi connectivity index (χ3n) is 3.73. The Bertz CT molecular complexity index is 898. The highest BCUT2D eigenvalue weighted by atomic mass is 79.9. The zero-order valence-corrected chi connectivity index (χ0v) is 16.2. The summed E-state index contributed by atoms with van der Waals surface area (Å²) in [6.45, 7) is 1.81. The number of nitrogens with one attached hydrogen (secondary N) is 1. The minimum absolute atomic E-state index is 0.122. The molecule has 0 saturated heterocycles. The molecule has 24 heavy (non-hydrogen) atoms. The number of benzene rings is 2. The van der Waals surface area contributed by atoms with Gasteiger partial charge in [-0.2, -0.15) is 0 Å². The van der Waals surface area contributed by atoms with Gasteiger partial charge in [0.2, 0.25) is 5.91 Å². The van der Waals surface area contributed by atoms with Gasteiger partial charge in [0.25, 0.3) is 10.0 Å². The first-order chi connectivity index (χ1) is 11.3. The van der Waals surface area contributed by atoms with Crippen molar-refractivity contribution in [3.05, 3.63) is 46.9 Å². The molecule has 1 aliphatic rings. The normalized spacial score (nSPS) is 17.1. The van der Waals surface area contributed by atoms with Crippen LogP contribution in [0.1, 0.15) is 6.92 Å². The van der Waals surface area contributed by atoms with Gasteiger partial charge in [-0.25, -0.2) is 8.42 Å². The fourth-order valence-corrected chi connectivity index (χ4v) is 4.71. The van der Waals surface area contributed by atoms with E-state index in [1.165, 1.54) is 29.2 Å². The molecule has 1 aliphatic heterocycles. The number of anilines is 2. The fraction of sp³-hybridized carbons (Fsp3) is 0.188. The molecule has 0 saturated carbocycles. The quantitative estimate of drug-likeness (QED) is 0.811. The number of halogens is 1. The maximum absolute atomic E-state index is 12.8. The smallest absolute Gasteiger partial charge is 0.264 e. The van der Waals surface area contributed by atoms with Crippen LogP contribution in [-0.2, 0) is 14.8 Å². The number of hydrogen-bond donors (Lipinski definition) is 1. The molecule has 3 rings (SSSR count). The first-order valence-electron chi connectivity index (χ1n) is 7.15. The number of fused-ring (bicyclic) bond motifs is 1. The molecular formula is C16H15BrN2O3S2. The SMILES string of the molecule is C[C@@H]1Sc2ccc(S(=O)(=O)N(C)c3ccc(Br)cc3)cc2NC1=O. The molecule has 1 heterocycles. The van der Waals surface area contributed by atoms with Gasteiger partial charge in [0.05, 0.1) is 21.5 Å². The fourth-order valence-electron chi connectivity index (χ4n) is 2.30. The summed E-state index contributed by atoms with van der Waals surface area (Å²) in [5, 5.41) is 2.57. The van der Waals surface area contributed by atoms with E-state index in [1.54, 1.807) is 36.4 Å². The molecule has 5 nitrogen and oxygen atoms in total. The van der Waals surface area contributed by atoms with Crippen molar-refractivity contribution in [2.24, 2.45) is 0 Å². The van der Waals surface area contributed by atoms with Crippen LogP contribution in [0.15, 0.2) is 56.7 Å². The highest BCUT2D eigenvalue weighted by Crippen LogP contribution is 2.37. The van der Waals surface area contributed by atoms with Crippen molar-refractivity contribution in [1.82, 2.24) is 0 Å². The number of carbonyl (C=O) groups is 1. The summed E-state index contributed by atoms with van der Waals surface area (Å²) in [5.41, 5.74) is 1.09. The molecule has 1 amide bonds. The van der Waals surface area contributed by atoms with Crippen molar-refractivity contribution in [2.75, 3.05) is 16.7 Å². The monoisotopic (exact) mass is 426 g/mol. The molecule has 0 aliphatic carbocycles. The molecule has 8 heteroatoms. The Hall–Kier alpha value is -1.51. The van der Waals surface area contributed by atoms with E-state index in [2.05, 4.69) is 21.2 Å². The van der Waals surface area contributed by atoms with Crippen molar-refractivity contribution < 1.29 is 13.2 Å². The van der Waals surface area contributed by atoms with E-state index in [1.807, 2.05) is 6.92 Å². The Morgan fingerprint density at radius 2 is 1.83 bits per heavy atom. The number of sulfonamides is 1. The van der Waals surface area contributed by atoms with E-state index in [4.69, 9.17) is 0 Å². The molecule has 0 radical (unpaired) electrons. The molecular weight excluding hydrogens is 412 g/mol. The van der Waals surface area contributed by atoms with E-state index in [0.717, 1.165) is 9.37 Å². The van der Waals surface area contributed by atoms with Crippen LogP contribution in [0, 0.1) is 0 Å². The first-order valence-corrected chi connectivity index (χ1v) is 10.3. The zero-order valence-electron chi connectivity index (χ0n) is 13.0. The first kappa shape index (κ1) is 17.3. The summed E-state index contributed by atoms with van der Waals surface area (Å²) < 4.78 is 27.8. The van der Waals surface area contributed by atoms with Crippen LogP contribution in [0.2, 0.25) is 0 Å². The predicted octanol–water partition coefficient (Wildman–Crippen LogP) is 3.71. The van der Waals surface area contributed by atoms with Crippen molar-refractivity contribution in [3.63, 3.8) is 0 Å². The van der Waals surface area contributed by atoms with Crippen LogP contribution in [0.3, 0.4) is 0 Å². The molecule has 0 spiro atoms. The summed E-state index contributed by atoms with van der Waals surface area (Å²) >= 11 is 4.75. The second kappa shape index (κ2) is 6.42. The summed E-state index contributed by atoms with van der Waals surface area (Å²) in [6, 6.07) is 11.8. The zero-order chi connectivity index (χ0) is 17.5. The second-order valence-electron chi connectivity index (χ2n) is 5.36. The molecule has 2 aromatic rings. The summed E-state index contributed by atoms with van der Waals surface area (Å²) in [6.07, 6.45) is 0. The maximum atomic E-state index is 12.8. The maximum Gasteiger partial charge on any atom is 0.264 e. The molecule has 2 aromatic carbocycles. The summed E-state index contributed by atoms with van der Waals surface area (Å²) in [5.74, 6) is -0.122. The second-order valence-corrected chi connectivity index (χ2v) is 9.62. The van der Waals surface area contributed by atoms with E-state index < -0.39 is 10.0 Å². The van der Waals surface area contributed by atoms with Gasteiger partial charge in [0.1, 0.15) is 0 Å². The number of thioether (sulfide) groups is 1. The van der Waals surface area contributed by atoms with Gasteiger partial charge in [-0.1, -0.05) is 15.9 Å². The van der Waals surface area contributed by atoms with Gasteiger partial charge in [-0.15, -0.1) is 11.8 Å². The highest BCUT2D eigenvalue weighted by molar-refractivity contribution is 9.10. The van der Waals surface area contributed by atoms with Crippen LogP contribution < -0.4 is 9.62 Å². The number of rotatable bonds is 3. The average Bonchev–Trinajstić information content (AvgIpc) is 2.55. The Morgan fingerprint density at radius 1 is 1.17 bits per heavy atom. The third kappa shape index (κ3) is 3.18. The number of carbonyl (C=O) groups excluding carboxylic acids is 1. The van der Waals surface area contributed by atoms with Crippen LogP contribution in [0.5, 0.6) is 0 Å². The predicted molar refractivity (Wildman–Crippen MR) is 100 cm³/mol. The lowest BCUT2D eigenvalue weighted by Crippen LogP contribution is -2.28. The minimum atomic E-state index is -3.71.